The summed E-state index contributed by atoms with van der Waals surface area (Å²) in [5.74, 6) is 0. The molecular formula is C12H18N4S. The van der Waals surface area contributed by atoms with Crippen molar-refractivity contribution < 1.29 is 0 Å². The van der Waals surface area contributed by atoms with Crippen LogP contribution in [0.5, 0.6) is 0 Å². The fourth-order valence-electron chi connectivity index (χ4n) is 1.71. The Kier molecular flexibility index (Phi) is 4.28. The minimum atomic E-state index is 0.882. The van der Waals surface area contributed by atoms with E-state index in [1.54, 1.807) is 11.3 Å². The van der Waals surface area contributed by atoms with Crippen LogP contribution >= 0.6 is 11.3 Å². The topological polar surface area (TPSA) is 42.7 Å². The number of hydrogen-bond acceptors (Lipinski definition) is 4. The van der Waals surface area contributed by atoms with Crippen LogP contribution in [0.15, 0.2) is 17.9 Å². The largest absolute Gasteiger partial charge is 0.333 e. The summed E-state index contributed by atoms with van der Waals surface area (Å²) in [5, 5.41) is 6.59. The molecule has 0 saturated carbocycles. The van der Waals surface area contributed by atoms with Gasteiger partial charge >= 0.3 is 0 Å². The summed E-state index contributed by atoms with van der Waals surface area (Å²) < 4.78 is 2.19. The van der Waals surface area contributed by atoms with Crippen molar-refractivity contribution in [2.75, 3.05) is 6.54 Å². The van der Waals surface area contributed by atoms with Gasteiger partial charge in [0.15, 0.2) is 0 Å². The standard InChI is InChI=1S/C12H18N4S/c1-3-13-6-12-7-14-9-16(12)5-4-11-8-17-10(2)15-11/h7-9,13H,3-6H2,1-2H3. The molecule has 0 atom stereocenters. The fourth-order valence-corrected chi connectivity index (χ4v) is 2.35. The first-order chi connectivity index (χ1) is 8.29. The van der Waals surface area contributed by atoms with Crippen LogP contribution in [-0.4, -0.2) is 21.1 Å². The van der Waals surface area contributed by atoms with E-state index < -0.39 is 0 Å². The van der Waals surface area contributed by atoms with Gasteiger partial charge in [0.05, 0.1) is 22.7 Å². The van der Waals surface area contributed by atoms with E-state index in [4.69, 9.17) is 0 Å². The molecule has 4 nitrogen and oxygen atoms in total. The Hall–Kier alpha value is -1.20. The normalized spacial score (nSPS) is 10.9. The maximum Gasteiger partial charge on any atom is 0.0948 e. The molecule has 92 valence electrons. The number of nitrogens with one attached hydrogen (secondary N) is 1. The molecule has 0 radical (unpaired) electrons. The SMILES string of the molecule is CCNCc1cncn1CCc1csc(C)n1. The fraction of sp³-hybridized carbons (Fsp3) is 0.500. The minimum absolute atomic E-state index is 0.882. The van der Waals surface area contributed by atoms with Gasteiger partial charge in [0.2, 0.25) is 0 Å². The van der Waals surface area contributed by atoms with Gasteiger partial charge in [0, 0.05) is 31.1 Å². The van der Waals surface area contributed by atoms with Gasteiger partial charge in [-0.25, -0.2) is 9.97 Å². The van der Waals surface area contributed by atoms with E-state index in [0.29, 0.717) is 0 Å². The van der Waals surface area contributed by atoms with E-state index in [2.05, 4.69) is 32.2 Å². The summed E-state index contributed by atoms with van der Waals surface area (Å²) in [6.45, 7) is 6.97. The summed E-state index contributed by atoms with van der Waals surface area (Å²) in [7, 11) is 0. The molecule has 0 aliphatic heterocycles. The summed E-state index contributed by atoms with van der Waals surface area (Å²) >= 11 is 1.71. The molecule has 0 aliphatic rings. The Balaban J connectivity index is 1.92. The van der Waals surface area contributed by atoms with Gasteiger partial charge in [-0.3, -0.25) is 0 Å². The summed E-state index contributed by atoms with van der Waals surface area (Å²) in [5.41, 5.74) is 2.41. The molecule has 0 bridgehead atoms. The molecule has 0 amide bonds. The number of imidazole rings is 1. The molecule has 0 aromatic carbocycles. The lowest BCUT2D eigenvalue weighted by Crippen LogP contribution is -2.15. The zero-order valence-corrected chi connectivity index (χ0v) is 11.1. The van der Waals surface area contributed by atoms with Gasteiger partial charge < -0.3 is 9.88 Å². The number of rotatable bonds is 6. The third kappa shape index (κ3) is 3.38. The first-order valence-corrected chi connectivity index (χ1v) is 6.78. The highest BCUT2D eigenvalue weighted by molar-refractivity contribution is 7.09. The van der Waals surface area contributed by atoms with Gasteiger partial charge in [-0.1, -0.05) is 6.92 Å². The summed E-state index contributed by atoms with van der Waals surface area (Å²) in [6.07, 6.45) is 4.79. The molecule has 2 aromatic heterocycles. The van der Waals surface area contributed by atoms with E-state index in [-0.39, 0.29) is 0 Å². The number of aryl methyl sites for hydroxylation is 3. The van der Waals surface area contributed by atoms with Gasteiger partial charge in [-0.05, 0) is 13.5 Å². The van der Waals surface area contributed by atoms with Crippen molar-refractivity contribution in [1.29, 1.82) is 0 Å². The molecule has 0 saturated heterocycles. The highest BCUT2D eigenvalue weighted by Gasteiger charge is 2.03. The first kappa shape index (κ1) is 12.3. The molecule has 0 spiro atoms. The van der Waals surface area contributed by atoms with Crippen LogP contribution in [0.25, 0.3) is 0 Å². The number of nitrogens with zero attached hydrogens (tertiary/aromatic N) is 3. The van der Waals surface area contributed by atoms with E-state index in [1.807, 2.05) is 19.4 Å². The maximum absolute atomic E-state index is 4.47. The molecule has 2 heterocycles. The molecule has 0 unspecified atom stereocenters. The second kappa shape index (κ2) is 5.93. The smallest absolute Gasteiger partial charge is 0.0948 e. The first-order valence-electron chi connectivity index (χ1n) is 5.90. The van der Waals surface area contributed by atoms with Crippen molar-refractivity contribution in [2.45, 2.75) is 33.4 Å². The van der Waals surface area contributed by atoms with Gasteiger partial charge in [0.1, 0.15) is 0 Å². The maximum atomic E-state index is 4.47. The van der Waals surface area contributed by atoms with E-state index in [0.717, 1.165) is 31.1 Å². The van der Waals surface area contributed by atoms with Crippen LogP contribution in [0.2, 0.25) is 0 Å². The third-order valence-electron chi connectivity index (χ3n) is 2.63. The van der Waals surface area contributed by atoms with Crippen molar-refractivity contribution in [3.05, 3.63) is 34.3 Å². The van der Waals surface area contributed by atoms with Crippen molar-refractivity contribution in [3.63, 3.8) is 0 Å². The lowest BCUT2D eigenvalue weighted by atomic mass is 10.3. The number of thiazole rings is 1. The lowest BCUT2D eigenvalue weighted by Gasteiger charge is -2.07. The Bertz CT molecular complexity index is 461. The molecule has 5 heteroatoms. The zero-order chi connectivity index (χ0) is 12.1. The Labute approximate surface area is 106 Å². The van der Waals surface area contributed by atoms with E-state index in [9.17, 15) is 0 Å². The molecule has 2 aromatic rings. The molecule has 2 rings (SSSR count). The number of hydrogen-bond donors (Lipinski definition) is 1. The minimum Gasteiger partial charge on any atom is -0.333 e. The second-order valence-electron chi connectivity index (χ2n) is 3.97. The lowest BCUT2D eigenvalue weighted by molar-refractivity contribution is 0.616. The van der Waals surface area contributed by atoms with Crippen LogP contribution in [-0.2, 0) is 19.5 Å². The van der Waals surface area contributed by atoms with Gasteiger partial charge in [-0.15, -0.1) is 11.3 Å². The van der Waals surface area contributed by atoms with E-state index >= 15 is 0 Å². The molecular weight excluding hydrogens is 232 g/mol. The molecule has 0 aliphatic carbocycles. The van der Waals surface area contributed by atoms with E-state index in [1.165, 1.54) is 11.4 Å². The van der Waals surface area contributed by atoms with Crippen molar-refractivity contribution in [3.8, 4) is 0 Å². The van der Waals surface area contributed by atoms with Crippen molar-refractivity contribution in [1.82, 2.24) is 19.9 Å². The highest BCUT2D eigenvalue weighted by Crippen LogP contribution is 2.10. The summed E-state index contributed by atoms with van der Waals surface area (Å²) in [4.78, 5) is 8.67. The monoisotopic (exact) mass is 250 g/mol. The number of aromatic nitrogens is 3. The second-order valence-corrected chi connectivity index (χ2v) is 5.03. The predicted octanol–water partition coefficient (Wildman–Crippen LogP) is 2.00. The zero-order valence-electron chi connectivity index (χ0n) is 10.3. The average molecular weight is 250 g/mol. The van der Waals surface area contributed by atoms with Crippen LogP contribution in [0.1, 0.15) is 23.3 Å². The van der Waals surface area contributed by atoms with Crippen LogP contribution in [0.4, 0.5) is 0 Å². The average Bonchev–Trinajstić information content (AvgIpc) is 2.92. The predicted molar refractivity (Wildman–Crippen MR) is 70.2 cm³/mol. The van der Waals surface area contributed by atoms with Crippen molar-refractivity contribution in [2.24, 2.45) is 0 Å². The molecule has 0 fully saturated rings. The van der Waals surface area contributed by atoms with Crippen LogP contribution in [0, 0.1) is 6.92 Å². The quantitative estimate of drug-likeness (QED) is 0.852. The van der Waals surface area contributed by atoms with Gasteiger partial charge in [-0.2, -0.15) is 0 Å². The Morgan fingerprint density at radius 1 is 1.47 bits per heavy atom. The van der Waals surface area contributed by atoms with Crippen LogP contribution < -0.4 is 5.32 Å². The van der Waals surface area contributed by atoms with Gasteiger partial charge in [0.25, 0.3) is 0 Å². The van der Waals surface area contributed by atoms with Crippen LogP contribution in [0.3, 0.4) is 0 Å². The summed E-state index contributed by atoms with van der Waals surface area (Å²) in [6, 6.07) is 0. The molecule has 1 N–H and O–H groups in total. The Morgan fingerprint density at radius 3 is 3.06 bits per heavy atom. The Morgan fingerprint density at radius 2 is 2.35 bits per heavy atom. The van der Waals surface area contributed by atoms with Crippen molar-refractivity contribution >= 4 is 11.3 Å². The highest BCUT2D eigenvalue weighted by atomic mass is 32.1. The molecule has 17 heavy (non-hydrogen) atoms. The third-order valence-corrected chi connectivity index (χ3v) is 3.45.